The summed E-state index contributed by atoms with van der Waals surface area (Å²) < 4.78 is 21.0. The van der Waals surface area contributed by atoms with Crippen LogP contribution in [-0.2, 0) is 11.3 Å². The van der Waals surface area contributed by atoms with E-state index in [2.05, 4.69) is 15.5 Å². The van der Waals surface area contributed by atoms with Crippen molar-refractivity contribution in [3.8, 4) is 11.4 Å². The van der Waals surface area contributed by atoms with E-state index in [1.165, 1.54) is 6.07 Å². The zero-order valence-corrected chi connectivity index (χ0v) is 11.0. The normalized spacial score (nSPS) is 16.4. The van der Waals surface area contributed by atoms with Gasteiger partial charge in [0, 0.05) is 25.4 Å². The van der Waals surface area contributed by atoms with Crippen molar-refractivity contribution in [3.05, 3.63) is 24.0 Å². The molecule has 2 aromatic rings. The molecular weight excluding hydrogens is 261 g/mol. The molecule has 2 N–H and O–H groups in total. The molecule has 20 heavy (non-hydrogen) atoms. The van der Waals surface area contributed by atoms with Crippen molar-refractivity contribution in [3.63, 3.8) is 0 Å². The zero-order valence-electron chi connectivity index (χ0n) is 11.0. The van der Waals surface area contributed by atoms with E-state index in [9.17, 15) is 4.39 Å². The number of nitrogens with zero attached hydrogens (tertiary/aromatic N) is 4. The molecule has 1 aromatic carbocycles. The molecule has 0 radical (unpaired) electrons. The predicted octanol–water partition coefficient (Wildman–Crippen LogP) is 1.49. The summed E-state index contributed by atoms with van der Waals surface area (Å²) in [6, 6.07) is 4.53. The molecule has 1 aromatic heterocycles. The molecule has 0 saturated carbocycles. The first-order valence-corrected chi connectivity index (χ1v) is 6.63. The molecule has 0 amide bonds. The van der Waals surface area contributed by atoms with Gasteiger partial charge < -0.3 is 10.5 Å². The van der Waals surface area contributed by atoms with Crippen LogP contribution in [0.2, 0.25) is 0 Å². The first-order chi connectivity index (χ1) is 9.74. The summed E-state index contributed by atoms with van der Waals surface area (Å²) in [5.41, 5.74) is 6.31. The highest BCUT2D eigenvalue weighted by Crippen LogP contribution is 2.24. The van der Waals surface area contributed by atoms with Gasteiger partial charge in [0.05, 0.1) is 5.56 Å². The van der Waals surface area contributed by atoms with E-state index in [4.69, 9.17) is 10.5 Å². The Kier molecular flexibility index (Phi) is 3.60. The van der Waals surface area contributed by atoms with Crippen LogP contribution in [0.25, 0.3) is 11.4 Å². The lowest BCUT2D eigenvalue weighted by Gasteiger charge is -2.21. The average molecular weight is 277 g/mol. The number of nitrogens with two attached hydrogens (primary N) is 1. The third kappa shape index (κ3) is 2.62. The van der Waals surface area contributed by atoms with Crippen molar-refractivity contribution in [2.24, 2.45) is 5.92 Å². The second kappa shape index (κ2) is 5.54. The molecule has 0 unspecified atom stereocenters. The maximum Gasteiger partial charge on any atom is 0.184 e. The standard InChI is InChI=1S/C13H16FN5O/c14-12-7-10(15)1-2-11(12)13-16-17-18-19(13)8-9-3-5-20-6-4-9/h1-2,7,9H,3-6,8,15H2. The highest BCUT2D eigenvalue weighted by molar-refractivity contribution is 5.59. The Morgan fingerprint density at radius 2 is 2.15 bits per heavy atom. The Labute approximate surface area is 115 Å². The molecule has 0 aliphatic carbocycles. The van der Waals surface area contributed by atoms with Gasteiger partial charge in [-0.25, -0.2) is 9.07 Å². The van der Waals surface area contributed by atoms with E-state index in [-0.39, 0.29) is 0 Å². The summed E-state index contributed by atoms with van der Waals surface area (Å²) in [6.07, 6.45) is 1.95. The summed E-state index contributed by atoms with van der Waals surface area (Å²) in [5, 5.41) is 11.6. The summed E-state index contributed by atoms with van der Waals surface area (Å²) in [7, 11) is 0. The predicted molar refractivity (Wildman–Crippen MR) is 71.2 cm³/mol. The average Bonchev–Trinajstić information content (AvgIpc) is 2.88. The van der Waals surface area contributed by atoms with Crippen LogP contribution in [0.4, 0.5) is 10.1 Å². The first kappa shape index (κ1) is 13.0. The number of halogens is 1. The van der Waals surface area contributed by atoms with Gasteiger partial charge in [0.25, 0.3) is 0 Å². The molecule has 1 aliphatic rings. The molecule has 6 nitrogen and oxygen atoms in total. The number of ether oxygens (including phenoxy) is 1. The lowest BCUT2D eigenvalue weighted by atomic mass is 10.0. The van der Waals surface area contributed by atoms with Crippen LogP contribution in [0.1, 0.15) is 12.8 Å². The summed E-state index contributed by atoms with van der Waals surface area (Å²) in [5.74, 6) is 0.491. The van der Waals surface area contributed by atoms with Gasteiger partial charge in [0.2, 0.25) is 0 Å². The van der Waals surface area contributed by atoms with Gasteiger partial charge in [-0.2, -0.15) is 0 Å². The fourth-order valence-electron chi connectivity index (χ4n) is 2.41. The number of hydrogen-bond acceptors (Lipinski definition) is 5. The third-order valence-corrected chi connectivity index (χ3v) is 3.54. The summed E-state index contributed by atoms with van der Waals surface area (Å²) >= 11 is 0. The Morgan fingerprint density at radius 3 is 2.90 bits per heavy atom. The fraction of sp³-hybridized carbons (Fsp3) is 0.462. The van der Waals surface area contributed by atoms with E-state index in [1.54, 1.807) is 16.8 Å². The summed E-state index contributed by atoms with van der Waals surface area (Å²) in [6.45, 7) is 2.20. The van der Waals surface area contributed by atoms with Crippen molar-refractivity contribution in [2.45, 2.75) is 19.4 Å². The molecule has 1 saturated heterocycles. The van der Waals surface area contributed by atoms with E-state index < -0.39 is 5.82 Å². The fourth-order valence-corrected chi connectivity index (χ4v) is 2.41. The number of aromatic nitrogens is 4. The van der Waals surface area contributed by atoms with Gasteiger partial charge in [-0.05, 0) is 47.4 Å². The number of tetrazole rings is 1. The minimum absolute atomic E-state index is 0.372. The second-order valence-electron chi connectivity index (χ2n) is 4.98. The Balaban J connectivity index is 1.85. The Bertz CT molecular complexity index is 594. The largest absolute Gasteiger partial charge is 0.399 e. The monoisotopic (exact) mass is 277 g/mol. The van der Waals surface area contributed by atoms with E-state index in [0.29, 0.717) is 29.5 Å². The van der Waals surface area contributed by atoms with Crippen molar-refractivity contribution in [2.75, 3.05) is 18.9 Å². The van der Waals surface area contributed by atoms with Gasteiger partial charge in [0.1, 0.15) is 5.82 Å². The van der Waals surface area contributed by atoms with Crippen LogP contribution in [-0.4, -0.2) is 33.4 Å². The van der Waals surface area contributed by atoms with Gasteiger partial charge >= 0.3 is 0 Å². The first-order valence-electron chi connectivity index (χ1n) is 6.63. The number of rotatable bonds is 3. The maximum absolute atomic E-state index is 14.0. The molecule has 7 heteroatoms. The lowest BCUT2D eigenvalue weighted by molar-refractivity contribution is 0.0601. The maximum atomic E-state index is 14.0. The van der Waals surface area contributed by atoms with Crippen molar-refractivity contribution in [1.29, 1.82) is 0 Å². The van der Waals surface area contributed by atoms with Crippen molar-refractivity contribution in [1.82, 2.24) is 20.2 Å². The number of nitrogen functional groups attached to an aromatic ring is 1. The molecule has 3 rings (SSSR count). The second-order valence-corrected chi connectivity index (χ2v) is 4.98. The van der Waals surface area contributed by atoms with E-state index in [1.807, 2.05) is 0 Å². The third-order valence-electron chi connectivity index (χ3n) is 3.54. The van der Waals surface area contributed by atoms with Gasteiger partial charge in [0.15, 0.2) is 5.82 Å². The van der Waals surface area contributed by atoms with E-state index >= 15 is 0 Å². The van der Waals surface area contributed by atoms with Gasteiger partial charge in [-0.3, -0.25) is 0 Å². The number of anilines is 1. The lowest BCUT2D eigenvalue weighted by Crippen LogP contribution is -2.21. The van der Waals surface area contributed by atoms with Gasteiger partial charge in [-0.15, -0.1) is 5.10 Å². The van der Waals surface area contributed by atoms with Crippen LogP contribution in [0.5, 0.6) is 0 Å². The highest BCUT2D eigenvalue weighted by Gasteiger charge is 2.19. The molecule has 0 bridgehead atoms. The minimum atomic E-state index is -0.409. The van der Waals surface area contributed by atoms with Crippen LogP contribution in [0, 0.1) is 11.7 Å². The van der Waals surface area contributed by atoms with Crippen molar-refractivity contribution >= 4 is 5.69 Å². The molecule has 1 aliphatic heterocycles. The minimum Gasteiger partial charge on any atom is -0.399 e. The zero-order chi connectivity index (χ0) is 13.9. The molecule has 0 spiro atoms. The van der Waals surface area contributed by atoms with Gasteiger partial charge in [-0.1, -0.05) is 0 Å². The van der Waals surface area contributed by atoms with Crippen LogP contribution < -0.4 is 5.73 Å². The molecule has 0 atom stereocenters. The summed E-state index contributed by atoms with van der Waals surface area (Å²) in [4.78, 5) is 0. The molecule has 1 fully saturated rings. The topological polar surface area (TPSA) is 78.9 Å². The van der Waals surface area contributed by atoms with Crippen LogP contribution >= 0.6 is 0 Å². The quantitative estimate of drug-likeness (QED) is 0.860. The van der Waals surface area contributed by atoms with E-state index in [0.717, 1.165) is 26.1 Å². The molecule has 106 valence electrons. The Morgan fingerprint density at radius 1 is 1.35 bits per heavy atom. The van der Waals surface area contributed by atoms with Crippen LogP contribution in [0.15, 0.2) is 18.2 Å². The van der Waals surface area contributed by atoms with Crippen molar-refractivity contribution < 1.29 is 9.13 Å². The number of benzene rings is 1. The Hall–Kier alpha value is -2.02. The molecular formula is C13H16FN5O. The molecule has 2 heterocycles. The highest BCUT2D eigenvalue weighted by atomic mass is 19.1. The smallest absolute Gasteiger partial charge is 0.184 e. The van der Waals surface area contributed by atoms with Crippen LogP contribution in [0.3, 0.4) is 0 Å². The number of hydrogen-bond donors (Lipinski definition) is 1. The SMILES string of the molecule is Nc1ccc(-c2nnnn2CC2CCOCC2)c(F)c1.